The van der Waals surface area contributed by atoms with Crippen LogP contribution in [-0.2, 0) is 0 Å². The highest BCUT2D eigenvalue weighted by molar-refractivity contribution is 5.45. The average molecular weight is 135 g/mol. The molecule has 0 aliphatic heterocycles. The molecule has 4 nitrogen and oxygen atoms in total. The average Bonchev–Trinajstić information content (AvgIpc) is 2.41. The molecule has 0 saturated heterocycles. The summed E-state index contributed by atoms with van der Waals surface area (Å²) in [6, 6.07) is 1.52. The topological polar surface area (TPSA) is 50.4 Å². The fourth-order valence-electron chi connectivity index (χ4n) is 0.871. The third-order valence-corrected chi connectivity index (χ3v) is 1.39. The molecule has 0 aliphatic rings. The van der Waals surface area contributed by atoms with Crippen LogP contribution in [0.1, 0.15) is 0 Å². The SMILES string of the molecule is C=c1c(O)cc2ncnn12. The van der Waals surface area contributed by atoms with E-state index in [1.807, 2.05) is 0 Å². The fraction of sp³-hybridized carbons (Fsp3) is 0. The molecule has 10 heavy (non-hydrogen) atoms. The van der Waals surface area contributed by atoms with Gasteiger partial charge in [-0.3, -0.25) is 0 Å². The molecule has 4 heteroatoms. The maximum atomic E-state index is 9.07. The van der Waals surface area contributed by atoms with E-state index in [2.05, 4.69) is 16.7 Å². The number of aromatic nitrogens is 3. The van der Waals surface area contributed by atoms with Gasteiger partial charge in [-0.05, 0) is 0 Å². The summed E-state index contributed by atoms with van der Waals surface area (Å²) in [6.45, 7) is 3.59. The molecule has 0 atom stereocenters. The van der Waals surface area contributed by atoms with Crippen molar-refractivity contribution in [3.05, 3.63) is 17.7 Å². The lowest BCUT2D eigenvalue weighted by atomic mass is 10.5. The van der Waals surface area contributed by atoms with E-state index in [0.717, 1.165) is 0 Å². The first-order valence-corrected chi connectivity index (χ1v) is 2.79. The molecule has 0 radical (unpaired) electrons. The van der Waals surface area contributed by atoms with Gasteiger partial charge >= 0.3 is 0 Å². The molecule has 0 fully saturated rings. The Hall–Kier alpha value is -1.58. The summed E-state index contributed by atoms with van der Waals surface area (Å²) < 4.78 is 1.48. The second-order valence-corrected chi connectivity index (χ2v) is 2.01. The molecule has 0 spiro atoms. The van der Waals surface area contributed by atoms with Gasteiger partial charge in [0.25, 0.3) is 0 Å². The van der Waals surface area contributed by atoms with Gasteiger partial charge in [-0.2, -0.15) is 5.10 Å². The molecule has 50 valence electrons. The summed E-state index contributed by atoms with van der Waals surface area (Å²) in [5.41, 5.74) is 0.627. The van der Waals surface area contributed by atoms with Crippen LogP contribution in [0.3, 0.4) is 0 Å². The Morgan fingerprint density at radius 1 is 1.60 bits per heavy atom. The number of fused-ring (bicyclic) bond motifs is 1. The molecule has 2 heterocycles. The first kappa shape index (κ1) is 5.22. The molecule has 2 rings (SSSR count). The highest BCUT2D eigenvalue weighted by Gasteiger charge is 2.01. The lowest BCUT2D eigenvalue weighted by molar-refractivity contribution is 0.470. The van der Waals surface area contributed by atoms with E-state index in [1.165, 1.54) is 16.9 Å². The van der Waals surface area contributed by atoms with Crippen molar-refractivity contribution in [2.75, 3.05) is 0 Å². The molecule has 2 aromatic rings. The van der Waals surface area contributed by atoms with Crippen molar-refractivity contribution >= 4 is 12.2 Å². The fourth-order valence-corrected chi connectivity index (χ4v) is 0.871. The van der Waals surface area contributed by atoms with Crippen molar-refractivity contribution in [1.29, 1.82) is 0 Å². The van der Waals surface area contributed by atoms with E-state index in [1.54, 1.807) is 0 Å². The van der Waals surface area contributed by atoms with E-state index < -0.39 is 0 Å². The van der Waals surface area contributed by atoms with E-state index >= 15 is 0 Å². The lowest BCUT2D eigenvalue weighted by Crippen LogP contribution is -2.05. The van der Waals surface area contributed by atoms with E-state index in [0.29, 0.717) is 11.0 Å². The standard InChI is InChI=1S/C6H5N3O/c1-4-5(10)2-6-7-3-8-9(4)6/h2-3,10H,1H2. The number of rotatable bonds is 0. The molecule has 2 aromatic heterocycles. The van der Waals surface area contributed by atoms with Gasteiger partial charge in [0.1, 0.15) is 17.4 Å². The zero-order valence-corrected chi connectivity index (χ0v) is 5.15. The normalized spacial score (nSPS) is 10.8. The van der Waals surface area contributed by atoms with Gasteiger partial charge in [-0.25, -0.2) is 9.50 Å². The minimum Gasteiger partial charge on any atom is -0.506 e. The summed E-state index contributed by atoms with van der Waals surface area (Å²) in [4.78, 5) is 3.85. The highest BCUT2D eigenvalue weighted by Crippen LogP contribution is 2.03. The van der Waals surface area contributed by atoms with Crippen LogP contribution in [0.15, 0.2) is 12.4 Å². The van der Waals surface area contributed by atoms with Gasteiger partial charge in [0.05, 0.1) is 0 Å². The van der Waals surface area contributed by atoms with Gasteiger partial charge < -0.3 is 5.11 Å². The van der Waals surface area contributed by atoms with Crippen molar-refractivity contribution in [2.24, 2.45) is 0 Å². The first-order chi connectivity index (χ1) is 4.79. The Balaban J connectivity index is 3.09. The maximum absolute atomic E-state index is 9.07. The molecule has 0 saturated carbocycles. The van der Waals surface area contributed by atoms with Crippen molar-refractivity contribution in [2.45, 2.75) is 0 Å². The monoisotopic (exact) mass is 135 g/mol. The highest BCUT2D eigenvalue weighted by atomic mass is 16.3. The summed E-state index contributed by atoms with van der Waals surface area (Å²) in [5.74, 6) is 0.135. The van der Waals surface area contributed by atoms with E-state index in [-0.39, 0.29) is 5.75 Å². The van der Waals surface area contributed by atoms with Crippen molar-refractivity contribution in [1.82, 2.24) is 14.6 Å². The summed E-state index contributed by atoms with van der Waals surface area (Å²) >= 11 is 0. The molecule has 0 bridgehead atoms. The molecular formula is C6H5N3O. The maximum Gasteiger partial charge on any atom is 0.159 e. The van der Waals surface area contributed by atoms with Crippen LogP contribution in [0, 0.1) is 0 Å². The Labute approximate surface area is 56.4 Å². The predicted molar refractivity (Wildman–Crippen MR) is 35.4 cm³/mol. The van der Waals surface area contributed by atoms with Crippen LogP contribution in [-0.4, -0.2) is 19.7 Å². The van der Waals surface area contributed by atoms with Gasteiger partial charge in [0.15, 0.2) is 5.65 Å². The Morgan fingerprint density at radius 3 is 3.10 bits per heavy atom. The van der Waals surface area contributed by atoms with Crippen LogP contribution in [0.25, 0.3) is 12.2 Å². The minimum absolute atomic E-state index is 0.135. The lowest BCUT2D eigenvalue weighted by Gasteiger charge is -1.78. The zero-order chi connectivity index (χ0) is 7.14. The molecule has 0 aliphatic carbocycles. The number of aromatic hydroxyl groups is 1. The first-order valence-electron chi connectivity index (χ1n) is 2.79. The molecular weight excluding hydrogens is 130 g/mol. The number of hydrogen-bond acceptors (Lipinski definition) is 3. The van der Waals surface area contributed by atoms with Gasteiger partial charge in [0.2, 0.25) is 0 Å². The zero-order valence-electron chi connectivity index (χ0n) is 5.15. The second-order valence-electron chi connectivity index (χ2n) is 2.01. The van der Waals surface area contributed by atoms with Crippen LogP contribution in [0.5, 0.6) is 5.75 Å². The van der Waals surface area contributed by atoms with Crippen LogP contribution < -0.4 is 5.35 Å². The third-order valence-electron chi connectivity index (χ3n) is 1.39. The third kappa shape index (κ3) is 0.452. The quantitative estimate of drug-likeness (QED) is 0.533. The number of nitrogens with zero attached hydrogens (tertiary/aromatic N) is 3. The van der Waals surface area contributed by atoms with Crippen LogP contribution in [0.2, 0.25) is 0 Å². The largest absolute Gasteiger partial charge is 0.506 e. The summed E-state index contributed by atoms with van der Waals surface area (Å²) in [7, 11) is 0. The smallest absolute Gasteiger partial charge is 0.159 e. The number of hydrogen-bond donors (Lipinski definition) is 1. The van der Waals surface area contributed by atoms with Crippen LogP contribution >= 0.6 is 0 Å². The molecule has 0 unspecified atom stereocenters. The van der Waals surface area contributed by atoms with Crippen molar-refractivity contribution in [3.63, 3.8) is 0 Å². The van der Waals surface area contributed by atoms with Crippen molar-refractivity contribution in [3.8, 4) is 5.75 Å². The minimum atomic E-state index is 0.135. The van der Waals surface area contributed by atoms with E-state index in [4.69, 9.17) is 5.11 Å². The predicted octanol–water partition coefficient (Wildman–Crippen LogP) is -0.436. The second kappa shape index (κ2) is 1.47. The Kier molecular flexibility index (Phi) is 0.768. The van der Waals surface area contributed by atoms with E-state index in [9.17, 15) is 0 Å². The molecule has 1 N–H and O–H groups in total. The molecule has 0 amide bonds. The molecule has 0 aromatic carbocycles. The Morgan fingerprint density at radius 2 is 2.40 bits per heavy atom. The van der Waals surface area contributed by atoms with Gasteiger partial charge in [-0.15, -0.1) is 0 Å². The summed E-state index contributed by atoms with van der Waals surface area (Å²) in [6.07, 6.45) is 1.42. The van der Waals surface area contributed by atoms with Crippen LogP contribution in [0.4, 0.5) is 0 Å². The summed E-state index contributed by atoms with van der Waals surface area (Å²) in [5, 5.41) is 13.4. The van der Waals surface area contributed by atoms with Crippen molar-refractivity contribution < 1.29 is 5.11 Å². The van der Waals surface area contributed by atoms with Gasteiger partial charge in [0, 0.05) is 6.07 Å². The van der Waals surface area contributed by atoms with Gasteiger partial charge in [-0.1, -0.05) is 6.58 Å². The Bertz CT molecular complexity index is 406.